The largest absolute Gasteiger partial charge is 0.353 e. The Bertz CT molecular complexity index is 188. The summed E-state index contributed by atoms with van der Waals surface area (Å²) in [5.74, 6) is 2.83. The summed E-state index contributed by atoms with van der Waals surface area (Å²) in [7, 11) is 0. The first-order valence-corrected chi connectivity index (χ1v) is 7.32. The molecule has 0 aliphatic carbocycles. The Morgan fingerprint density at radius 3 is 2.62 bits per heavy atom. The molecule has 3 nitrogen and oxygen atoms in total. The second-order valence-corrected chi connectivity index (χ2v) is 5.67. The summed E-state index contributed by atoms with van der Waals surface area (Å²) < 4.78 is 0. The highest BCUT2D eigenvalue weighted by atomic mass is 32.2. The van der Waals surface area contributed by atoms with Crippen molar-refractivity contribution in [1.29, 1.82) is 0 Å². The molecule has 0 saturated heterocycles. The van der Waals surface area contributed by atoms with E-state index >= 15 is 0 Å². The lowest BCUT2D eigenvalue weighted by Gasteiger charge is -2.14. The molecule has 0 radical (unpaired) electrons. The highest BCUT2D eigenvalue weighted by Gasteiger charge is 2.09. The van der Waals surface area contributed by atoms with E-state index in [1.807, 2.05) is 11.8 Å². The summed E-state index contributed by atoms with van der Waals surface area (Å²) in [6.07, 6.45) is 2.58. The molecule has 1 amide bonds. The van der Waals surface area contributed by atoms with E-state index in [9.17, 15) is 4.79 Å². The average molecular weight is 246 g/mol. The number of thioether (sulfide) groups is 1. The first-order valence-electron chi connectivity index (χ1n) is 6.17. The molecule has 2 atom stereocenters. The van der Waals surface area contributed by atoms with Crippen LogP contribution in [0.1, 0.15) is 40.0 Å². The van der Waals surface area contributed by atoms with Gasteiger partial charge in [0, 0.05) is 18.2 Å². The molecule has 0 aliphatic rings. The van der Waals surface area contributed by atoms with Crippen molar-refractivity contribution in [3.8, 4) is 0 Å². The number of hydrogen-bond donors (Lipinski definition) is 2. The Hall–Kier alpha value is -0.220. The molecule has 0 bridgehead atoms. The standard InChI is InChI=1S/C12H26N2OS/c1-4-16-9-11(3)14-12(15)6-5-10(2)7-8-13/h10-11H,4-9,13H2,1-3H3,(H,14,15). The van der Waals surface area contributed by atoms with Gasteiger partial charge in [0.15, 0.2) is 0 Å². The van der Waals surface area contributed by atoms with Crippen molar-refractivity contribution in [2.45, 2.75) is 46.1 Å². The van der Waals surface area contributed by atoms with Crippen LogP contribution in [-0.2, 0) is 4.79 Å². The topological polar surface area (TPSA) is 55.1 Å². The smallest absolute Gasteiger partial charge is 0.220 e. The number of nitrogens with one attached hydrogen (secondary N) is 1. The van der Waals surface area contributed by atoms with Crippen LogP contribution in [0.5, 0.6) is 0 Å². The van der Waals surface area contributed by atoms with Crippen LogP contribution >= 0.6 is 11.8 Å². The van der Waals surface area contributed by atoms with E-state index in [-0.39, 0.29) is 11.9 Å². The van der Waals surface area contributed by atoms with Crippen molar-refractivity contribution in [3.05, 3.63) is 0 Å². The molecule has 4 heteroatoms. The van der Waals surface area contributed by atoms with Crippen LogP contribution < -0.4 is 11.1 Å². The second kappa shape index (κ2) is 9.97. The zero-order valence-corrected chi connectivity index (χ0v) is 11.6. The van der Waals surface area contributed by atoms with Crippen molar-refractivity contribution in [2.75, 3.05) is 18.1 Å². The third-order valence-electron chi connectivity index (χ3n) is 2.50. The molecule has 16 heavy (non-hydrogen) atoms. The summed E-state index contributed by atoms with van der Waals surface area (Å²) >= 11 is 1.86. The van der Waals surface area contributed by atoms with Gasteiger partial charge >= 0.3 is 0 Å². The van der Waals surface area contributed by atoms with E-state index in [2.05, 4.69) is 26.1 Å². The van der Waals surface area contributed by atoms with E-state index in [0.717, 1.165) is 24.3 Å². The van der Waals surface area contributed by atoms with Gasteiger partial charge in [0.25, 0.3) is 0 Å². The number of hydrogen-bond acceptors (Lipinski definition) is 3. The van der Waals surface area contributed by atoms with Gasteiger partial charge in [0.1, 0.15) is 0 Å². The van der Waals surface area contributed by atoms with Crippen LogP contribution in [0.3, 0.4) is 0 Å². The molecule has 0 heterocycles. The van der Waals surface area contributed by atoms with Crippen molar-refractivity contribution >= 4 is 17.7 Å². The number of nitrogens with two attached hydrogens (primary N) is 1. The third-order valence-corrected chi connectivity index (χ3v) is 3.65. The minimum Gasteiger partial charge on any atom is -0.353 e. The van der Waals surface area contributed by atoms with Gasteiger partial charge in [0.05, 0.1) is 0 Å². The van der Waals surface area contributed by atoms with Crippen LogP contribution in [0.2, 0.25) is 0 Å². The number of rotatable bonds is 9. The SMILES string of the molecule is CCSCC(C)NC(=O)CCC(C)CCN. The molecule has 0 aromatic carbocycles. The molecule has 0 rings (SSSR count). The van der Waals surface area contributed by atoms with Gasteiger partial charge in [-0.15, -0.1) is 0 Å². The third kappa shape index (κ3) is 9.04. The molecule has 0 spiro atoms. The Balaban J connectivity index is 3.57. The van der Waals surface area contributed by atoms with E-state index in [0.29, 0.717) is 18.9 Å². The molecule has 2 unspecified atom stereocenters. The van der Waals surface area contributed by atoms with Gasteiger partial charge in [-0.3, -0.25) is 4.79 Å². The van der Waals surface area contributed by atoms with Crippen LogP contribution in [0, 0.1) is 5.92 Å². The van der Waals surface area contributed by atoms with Crippen LogP contribution in [0.4, 0.5) is 0 Å². The van der Waals surface area contributed by atoms with Gasteiger partial charge in [-0.2, -0.15) is 11.8 Å². The molecular formula is C12H26N2OS. The highest BCUT2D eigenvalue weighted by Crippen LogP contribution is 2.09. The Labute approximate surface area is 104 Å². The fraction of sp³-hybridized carbons (Fsp3) is 0.917. The first-order chi connectivity index (χ1) is 7.60. The van der Waals surface area contributed by atoms with Crippen LogP contribution in [-0.4, -0.2) is 30.0 Å². The normalized spacial score (nSPS) is 14.5. The molecule has 0 aromatic rings. The lowest BCUT2D eigenvalue weighted by Crippen LogP contribution is -2.34. The predicted molar refractivity (Wildman–Crippen MR) is 72.7 cm³/mol. The maximum Gasteiger partial charge on any atom is 0.220 e. The van der Waals surface area contributed by atoms with E-state index in [1.165, 1.54) is 0 Å². The van der Waals surface area contributed by atoms with Crippen molar-refractivity contribution in [3.63, 3.8) is 0 Å². The van der Waals surface area contributed by atoms with Gasteiger partial charge in [-0.05, 0) is 38.0 Å². The number of carbonyl (C=O) groups is 1. The summed E-state index contributed by atoms with van der Waals surface area (Å²) in [6.45, 7) is 7.06. The maximum absolute atomic E-state index is 11.6. The Morgan fingerprint density at radius 1 is 1.38 bits per heavy atom. The number of carbonyl (C=O) groups excluding carboxylic acids is 1. The molecule has 0 fully saturated rings. The summed E-state index contributed by atoms with van der Waals surface area (Å²) in [5.41, 5.74) is 5.47. The van der Waals surface area contributed by atoms with Crippen molar-refractivity contribution in [2.24, 2.45) is 11.7 Å². The van der Waals surface area contributed by atoms with Crippen molar-refractivity contribution in [1.82, 2.24) is 5.32 Å². The van der Waals surface area contributed by atoms with Gasteiger partial charge in [-0.25, -0.2) is 0 Å². The molecule has 0 saturated carbocycles. The van der Waals surface area contributed by atoms with Gasteiger partial charge in [-0.1, -0.05) is 13.8 Å². The van der Waals surface area contributed by atoms with Crippen molar-refractivity contribution < 1.29 is 4.79 Å². The van der Waals surface area contributed by atoms with Gasteiger partial charge in [0.2, 0.25) is 5.91 Å². The lowest BCUT2D eigenvalue weighted by atomic mass is 10.0. The lowest BCUT2D eigenvalue weighted by molar-refractivity contribution is -0.121. The fourth-order valence-electron chi connectivity index (χ4n) is 1.49. The average Bonchev–Trinajstić information content (AvgIpc) is 2.24. The molecule has 0 aliphatic heterocycles. The van der Waals surface area contributed by atoms with E-state index < -0.39 is 0 Å². The summed E-state index contributed by atoms with van der Waals surface area (Å²) in [5, 5.41) is 3.02. The summed E-state index contributed by atoms with van der Waals surface area (Å²) in [6, 6.07) is 0.280. The first kappa shape index (κ1) is 15.8. The number of amides is 1. The Kier molecular flexibility index (Phi) is 9.83. The van der Waals surface area contributed by atoms with Gasteiger partial charge < -0.3 is 11.1 Å². The Morgan fingerprint density at radius 2 is 2.06 bits per heavy atom. The second-order valence-electron chi connectivity index (χ2n) is 4.35. The fourth-order valence-corrected chi connectivity index (χ4v) is 2.16. The highest BCUT2D eigenvalue weighted by molar-refractivity contribution is 7.99. The zero-order chi connectivity index (χ0) is 12.4. The molecule has 96 valence electrons. The molecule has 0 aromatic heterocycles. The van der Waals surface area contributed by atoms with Crippen LogP contribution in [0.15, 0.2) is 0 Å². The quantitative estimate of drug-likeness (QED) is 0.654. The van der Waals surface area contributed by atoms with Crippen LogP contribution in [0.25, 0.3) is 0 Å². The zero-order valence-electron chi connectivity index (χ0n) is 10.8. The monoisotopic (exact) mass is 246 g/mol. The van der Waals surface area contributed by atoms with E-state index in [4.69, 9.17) is 5.73 Å². The minimum absolute atomic E-state index is 0.174. The molecular weight excluding hydrogens is 220 g/mol. The minimum atomic E-state index is 0.174. The molecule has 3 N–H and O–H groups in total. The van der Waals surface area contributed by atoms with E-state index in [1.54, 1.807) is 0 Å². The summed E-state index contributed by atoms with van der Waals surface area (Å²) in [4.78, 5) is 11.6. The predicted octanol–water partition coefficient (Wildman–Crippen LogP) is 2.01. The maximum atomic E-state index is 11.6.